The first-order chi connectivity index (χ1) is 13.6. The van der Waals surface area contributed by atoms with Gasteiger partial charge in [0.15, 0.2) is 5.11 Å². The lowest BCUT2D eigenvalue weighted by Gasteiger charge is -2.22. The summed E-state index contributed by atoms with van der Waals surface area (Å²) >= 11 is 11.8. The van der Waals surface area contributed by atoms with E-state index in [4.69, 9.17) is 28.6 Å². The van der Waals surface area contributed by atoms with Gasteiger partial charge in [-0.3, -0.25) is 9.69 Å². The maximum atomic E-state index is 12.8. The first-order valence-corrected chi connectivity index (χ1v) is 9.59. The lowest BCUT2D eigenvalue weighted by molar-refractivity contribution is -0.117. The molecule has 0 spiro atoms. The molecule has 0 aromatic heterocycles. The van der Waals surface area contributed by atoms with E-state index in [9.17, 15) is 4.79 Å². The minimum Gasteiger partial charge on any atom is -0.456 e. The van der Waals surface area contributed by atoms with Gasteiger partial charge in [-0.15, -0.1) is 0 Å². The Bertz CT molecular complexity index is 1020. The summed E-state index contributed by atoms with van der Waals surface area (Å²) in [5.74, 6) is 1.20. The number of nitrogens with zero attached hydrogens (tertiary/aromatic N) is 2. The second kappa shape index (κ2) is 7.62. The molecular weight excluding hydrogens is 392 g/mol. The van der Waals surface area contributed by atoms with Gasteiger partial charge in [0.1, 0.15) is 17.5 Å². The van der Waals surface area contributed by atoms with Crippen molar-refractivity contribution in [3.63, 3.8) is 0 Å². The van der Waals surface area contributed by atoms with Gasteiger partial charge in [-0.2, -0.15) is 0 Å². The summed E-state index contributed by atoms with van der Waals surface area (Å²) in [6, 6.07) is 23.8. The van der Waals surface area contributed by atoms with Crippen molar-refractivity contribution in [2.75, 3.05) is 9.80 Å². The van der Waals surface area contributed by atoms with Crippen molar-refractivity contribution >= 4 is 46.2 Å². The van der Waals surface area contributed by atoms with Crippen LogP contribution in [0.1, 0.15) is 6.92 Å². The van der Waals surface area contributed by atoms with Crippen molar-refractivity contribution in [1.82, 2.24) is 0 Å². The Kier molecular flexibility index (Phi) is 5.03. The van der Waals surface area contributed by atoms with Crippen molar-refractivity contribution in [3.05, 3.63) is 83.9 Å². The third-order valence-corrected chi connectivity index (χ3v) is 5.25. The number of hydrogen-bond donors (Lipinski definition) is 0. The number of thiocarbonyl (C=S) groups is 1. The second-order valence-corrected chi connectivity index (χ2v) is 7.14. The van der Waals surface area contributed by atoms with Gasteiger partial charge >= 0.3 is 0 Å². The smallest absolute Gasteiger partial charge is 0.256 e. The molecule has 0 saturated carbocycles. The van der Waals surface area contributed by atoms with Gasteiger partial charge in [0.25, 0.3) is 5.91 Å². The molecule has 28 heavy (non-hydrogen) atoms. The summed E-state index contributed by atoms with van der Waals surface area (Å²) < 4.78 is 5.83. The summed E-state index contributed by atoms with van der Waals surface area (Å²) in [5.41, 5.74) is 1.60. The Morgan fingerprint density at radius 3 is 2.21 bits per heavy atom. The van der Waals surface area contributed by atoms with Gasteiger partial charge < -0.3 is 9.64 Å². The van der Waals surface area contributed by atoms with E-state index < -0.39 is 0 Å². The van der Waals surface area contributed by atoms with Crippen molar-refractivity contribution < 1.29 is 9.53 Å². The lowest BCUT2D eigenvalue weighted by Crippen LogP contribution is -2.33. The first kappa shape index (κ1) is 18.5. The van der Waals surface area contributed by atoms with Crippen molar-refractivity contribution in [1.29, 1.82) is 0 Å². The average Bonchev–Trinajstić information content (AvgIpc) is 2.94. The highest BCUT2D eigenvalue weighted by atomic mass is 35.5. The molecule has 1 heterocycles. The SMILES string of the molecule is CC1C(=O)N(c2ccccc2)C(=S)N1c1ccc(Oc2ccccc2Cl)cc1. The number of amides is 1. The molecule has 140 valence electrons. The predicted octanol–water partition coefficient (Wildman–Crippen LogP) is 5.66. The Morgan fingerprint density at radius 1 is 0.893 bits per heavy atom. The minimum atomic E-state index is -0.386. The maximum Gasteiger partial charge on any atom is 0.256 e. The first-order valence-electron chi connectivity index (χ1n) is 8.81. The molecule has 1 unspecified atom stereocenters. The van der Waals surface area contributed by atoms with Crippen LogP contribution in [-0.2, 0) is 4.79 Å². The summed E-state index contributed by atoms with van der Waals surface area (Å²) in [6.45, 7) is 1.85. The minimum absolute atomic E-state index is 0.0485. The Hall–Kier alpha value is -2.89. The molecule has 3 aromatic carbocycles. The zero-order valence-corrected chi connectivity index (χ0v) is 16.7. The molecule has 0 aliphatic carbocycles. The monoisotopic (exact) mass is 408 g/mol. The highest BCUT2D eigenvalue weighted by Crippen LogP contribution is 2.33. The molecular formula is C22H17ClN2O2S. The van der Waals surface area contributed by atoms with E-state index in [0.29, 0.717) is 21.6 Å². The Labute approximate surface area is 173 Å². The van der Waals surface area contributed by atoms with Gasteiger partial charge in [0.05, 0.1) is 10.7 Å². The normalized spacial score (nSPS) is 16.6. The van der Waals surface area contributed by atoms with Crippen molar-refractivity contribution in [3.8, 4) is 11.5 Å². The molecule has 6 heteroatoms. The molecule has 3 aromatic rings. The number of benzene rings is 3. The molecule has 0 bridgehead atoms. The average molecular weight is 409 g/mol. The van der Waals surface area contributed by atoms with Gasteiger partial charge in [0.2, 0.25) is 0 Å². The fourth-order valence-electron chi connectivity index (χ4n) is 3.14. The van der Waals surface area contributed by atoms with Gasteiger partial charge in [-0.1, -0.05) is 41.9 Å². The topological polar surface area (TPSA) is 32.8 Å². The standard InChI is InChI=1S/C22H17ClN2O2S/c1-15-21(26)25(16-7-3-2-4-8-16)22(28)24(15)17-11-13-18(14-12-17)27-20-10-6-5-9-19(20)23/h2-15H,1H3. The summed E-state index contributed by atoms with van der Waals surface area (Å²) in [6.07, 6.45) is 0. The third kappa shape index (κ3) is 3.35. The van der Waals surface area contributed by atoms with E-state index in [1.54, 1.807) is 11.0 Å². The highest BCUT2D eigenvalue weighted by Gasteiger charge is 2.41. The quantitative estimate of drug-likeness (QED) is 0.521. The number of halogens is 1. The number of para-hydroxylation sites is 2. The second-order valence-electron chi connectivity index (χ2n) is 6.36. The van der Waals surface area contributed by atoms with Crippen LogP contribution < -0.4 is 14.5 Å². The number of carbonyl (C=O) groups is 1. The summed E-state index contributed by atoms with van der Waals surface area (Å²) in [4.78, 5) is 16.2. The Morgan fingerprint density at radius 2 is 1.54 bits per heavy atom. The predicted molar refractivity (Wildman–Crippen MR) is 116 cm³/mol. The van der Waals surface area contributed by atoms with Gasteiger partial charge in [-0.25, -0.2) is 0 Å². The van der Waals surface area contributed by atoms with E-state index in [2.05, 4.69) is 0 Å². The number of ether oxygens (including phenoxy) is 1. The number of rotatable bonds is 4. The fraction of sp³-hybridized carbons (Fsp3) is 0.0909. The van der Waals surface area contributed by atoms with Gasteiger partial charge in [0, 0.05) is 5.69 Å². The van der Waals surface area contributed by atoms with Crippen LogP contribution in [0.2, 0.25) is 5.02 Å². The third-order valence-electron chi connectivity index (χ3n) is 4.56. The van der Waals surface area contributed by atoms with Crippen LogP contribution >= 0.6 is 23.8 Å². The number of carbonyl (C=O) groups excluding carboxylic acids is 1. The maximum absolute atomic E-state index is 12.8. The van der Waals surface area contributed by atoms with Crippen LogP contribution in [0, 0.1) is 0 Å². The lowest BCUT2D eigenvalue weighted by atomic mass is 10.2. The molecule has 1 aliphatic rings. The molecule has 1 saturated heterocycles. The van der Waals surface area contributed by atoms with E-state index in [1.165, 1.54) is 0 Å². The Balaban J connectivity index is 1.58. The fourth-order valence-corrected chi connectivity index (χ4v) is 3.78. The van der Waals surface area contributed by atoms with Crippen LogP contribution in [0.15, 0.2) is 78.9 Å². The number of anilines is 2. The molecule has 1 atom stereocenters. The largest absolute Gasteiger partial charge is 0.456 e. The van der Waals surface area contributed by atoms with Crippen molar-refractivity contribution in [2.24, 2.45) is 0 Å². The molecule has 1 fully saturated rings. The van der Waals surface area contributed by atoms with Crippen LogP contribution in [-0.4, -0.2) is 17.1 Å². The van der Waals surface area contributed by atoms with E-state index in [0.717, 1.165) is 11.4 Å². The molecule has 0 radical (unpaired) electrons. The van der Waals surface area contributed by atoms with Crippen LogP contribution in [0.5, 0.6) is 11.5 Å². The molecule has 0 N–H and O–H groups in total. The van der Waals surface area contributed by atoms with Crippen LogP contribution in [0.25, 0.3) is 0 Å². The zero-order valence-electron chi connectivity index (χ0n) is 15.1. The van der Waals surface area contributed by atoms with Gasteiger partial charge in [-0.05, 0) is 67.7 Å². The van der Waals surface area contributed by atoms with E-state index in [-0.39, 0.29) is 11.9 Å². The molecule has 1 amide bonds. The summed E-state index contributed by atoms with van der Waals surface area (Å²) in [7, 11) is 0. The van der Waals surface area contributed by atoms with E-state index in [1.807, 2.05) is 84.6 Å². The van der Waals surface area contributed by atoms with Crippen molar-refractivity contribution in [2.45, 2.75) is 13.0 Å². The summed E-state index contributed by atoms with van der Waals surface area (Å²) in [5, 5.41) is 1.01. The molecule has 4 nitrogen and oxygen atoms in total. The highest BCUT2D eigenvalue weighted by molar-refractivity contribution is 7.81. The van der Waals surface area contributed by atoms with Crippen LogP contribution in [0.3, 0.4) is 0 Å². The number of hydrogen-bond acceptors (Lipinski definition) is 3. The molecule has 4 rings (SSSR count). The zero-order chi connectivity index (χ0) is 19.7. The molecule has 1 aliphatic heterocycles. The van der Waals surface area contributed by atoms with E-state index >= 15 is 0 Å². The van der Waals surface area contributed by atoms with Crippen LogP contribution in [0.4, 0.5) is 11.4 Å².